The van der Waals surface area contributed by atoms with Crippen molar-refractivity contribution in [2.45, 2.75) is 6.61 Å². The Bertz CT molecular complexity index is 767. The first kappa shape index (κ1) is 14.5. The second kappa shape index (κ2) is 6.58. The highest BCUT2D eigenvalue weighted by atomic mass is 79.9. The van der Waals surface area contributed by atoms with Gasteiger partial charge in [0.25, 0.3) is 0 Å². The van der Waals surface area contributed by atoms with Crippen molar-refractivity contribution in [3.05, 3.63) is 77.0 Å². The second-order valence-electron chi connectivity index (χ2n) is 4.72. The molecule has 22 heavy (non-hydrogen) atoms. The minimum atomic E-state index is -0.493. The molecule has 4 nitrogen and oxygen atoms in total. The predicted octanol–water partition coefficient (Wildman–Crippen LogP) is 4.50. The summed E-state index contributed by atoms with van der Waals surface area (Å²) in [5.41, 5.74) is 2.80. The number of halogens is 1. The largest absolute Gasteiger partial charge is 0.443 e. The second-order valence-corrected chi connectivity index (χ2v) is 5.64. The van der Waals surface area contributed by atoms with Gasteiger partial charge in [0, 0.05) is 16.2 Å². The Morgan fingerprint density at radius 3 is 2.50 bits per heavy atom. The standard InChI is InChI=1S/C17H13BrN2O2/c18-16-8-6-14(7-9-16)15-10-19-20(11-15)17(21)22-12-13-4-2-1-3-5-13/h1-11H,12H2. The molecule has 0 aliphatic rings. The van der Waals surface area contributed by atoms with Crippen LogP contribution in [0.25, 0.3) is 11.1 Å². The number of hydrogen-bond donors (Lipinski definition) is 0. The van der Waals surface area contributed by atoms with Crippen molar-refractivity contribution >= 4 is 22.0 Å². The van der Waals surface area contributed by atoms with Crippen molar-refractivity contribution in [2.75, 3.05) is 0 Å². The Morgan fingerprint density at radius 2 is 1.77 bits per heavy atom. The Balaban J connectivity index is 1.68. The maximum absolute atomic E-state index is 12.0. The molecule has 0 spiro atoms. The average Bonchev–Trinajstić information content (AvgIpc) is 3.04. The lowest BCUT2D eigenvalue weighted by atomic mass is 10.1. The molecule has 1 aromatic heterocycles. The molecule has 3 rings (SSSR count). The number of ether oxygens (including phenoxy) is 1. The quantitative estimate of drug-likeness (QED) is 0.693. The number of aromatic nitrogens is 2. The molecule has 0 unspecified atom stereocenters. The summed E-state index contributed by atoms with van der Waals surface area (Å²) in [7, 11) is 0. The van der Waals surface area contributed by atoms with Crippen LogP contribution in [0.5, 0.6) is 0 Å². The van der Waals surface area contributed by atoms with Crippen LogP contribution in [0.3, 0.4) is 0 Å². The van der Waals surface area contributed by atoms with Gasteiger partial charge in [-0.3, -0.25) is 0 Å². The highest BCUT2D eigenvalue weighted by Gasteiger charge is 2.09. The van der Waals surface area contributed by atoms with E-state index in [2.05, 4.69) is 21.0 Å². The fourth-order valence-electron chi connectivity index (χ4n) is 2.00. The Labute approximate surface area is 136 Å². The summed E-state index contributed by atoms with van der Waals surface area (Å²) in [4.78, 5) is 12.0. The molecule has 0 aliphatic heterocycles. The van der Waals surface area contributed by atoms with Crippen molar-refractivity contribution < 1.29 is 9.53 Å². The van der Waals surface area contributed by atoms with Crippen molar-refractivity contribution in [2.24, 2.45) is 0 Å². The number of nitrogens with zero attached hydrogens (tertiary/aromatic N) is 2. The smallest absolute Gasteiger partial charge is 0.435 e. The van der Waals surface area contributed by atoms with E-state index in [4.69, 9.17) is 4.74 Å². The van der Waals surface area contributed by atoms with Crippen LogP contribution in [-0.2, 0) is 11.3 Å². The summed E-state index contributed by atoms with van der Waals surface area (Å²) in [6.07, 6.45) is 2.82. The van der Waals surface area contributed by atoms with Gasteiger partial charge in [-0.2, -0.15) is 9.78 Å². The van der Waals surface area contributed by atoms with E-state index >= 15 is 0 Å². The minimum Gasteiger partial charge on any atom is -0.443 e. The lowest BCUT2D eigenvalue weighted by Crippen LogP contribution is -2.13. The van der Waals surface area contributed by atoms with Gasteiger partial charge in [-0.15, -0.1) is 0 Å². The molecule has 0 bridgehead atoms. The van der Waals surface area contributed by atoms with Crippen LogP contribution >= 0.6 is 15.9 Å². The molecule has 0 atom stereocenters. The van der Waals surface area contributed by atoms with Crippen LogP contribution in [-0.4, -0.2) is 15.9 Å². The molecule has 3 aromatic rings. The van der Waals surface area contributed by atoms with Crippen LogP contribution in [0.1, 0.15) is 5.56 Å². The first-order chi connectivity index (χ1) is 10.7. The molecule has 0 radical (unpaired) electrons. The fraction of sp³-hybridized carbons (Fsp3) is 0.0588. The maximum Gasteiger partial charge on any atom is 0.435 e. The van der Waals surface area contributed by atoms with Gasteiger partial charge in [0.1, 0.15) is 6.61 Å². The molecule has 0 aliphatic carbocycles. The number of carbonyl (C=O) groups excluding carboxylic acids is 1. The Morgan fingerprint density at radius 1 is 1.05 bits per heavy atom. The van der Waals surface area contributed by atoms with Gasteiger partial charge in [0.15, 0.2) is 0 Å². The highest BCUT2D eigenvalue weighted by Crippen LogP contribution is 2.21. The van der Waals surface area contributed by atoms with Gasteiger partial charge in [0.2, 0.25) is 0 Å². The van der Waals surface area contributed by atoms with E-state index in [0.29, 0.717) is 0 Å². The van der Waals surface area contributed by atoms with Crippen molar-refractivity contribution in [3.63, 3.8) is 0 Å². The van der Waals surface area contributed by atoms with E-state index < -0.39 is 6.09 Å². The van der Waals surface area contributed by atoms with Crippen LogP contribution in [0, 0.1) is 0 Å². The molecule has 0 amide bonds. The molecule has 1 heterocycles. The van der Waals surface area contributed by atoms with Crippen LogP contribution in [0.4, 0.5) is 4.79 Å². The topological polar surface area (TPSA) is 44.1 Å². The zero-order chi connectivity index (χ0) is 15.4. The van der Waals surface area contributed by atoms with Gasteiger partial charge in [0.05, 0.1) is 6.20 Å². The summed E-state index contributed by atoms with van der Waals surface area (Å²) in [5, 5.41) is 4.06. The normalized spacial score (nSPS) is 10.4. The lowest BCUT2D eigenvalue weighted by molar-refractivity contribution is 0.138. The summed E-state index contributed by atoms with van der Waals surface area (Å²) in [5.74, 6) is 0. The SMILES string of the molecule is O=C(OCc1ccccc1)n1cc(-c2ccc(Br)cc2)cn1. The number of hydrogen-bond acceptors (Lipinski definition) is 3. The van der Waals surface area contributed by atoms with Crippen molar-refractivity contribution in [3.8, 4) is 11.1 Å². The van der Waals surface area contributed by atoms with E-state index in [1.54, 1.807) is 12.4 Å². The molecule has 0 N–H and O–H groups in total. The number of benzene rings is 2. The average molecular weight is 357 g/mol. The summed E-state index contributed by atoms with van der Waals surface area (Å²) < 4.78 is 7.45. The monoisotopic (exact) mass is 356 g/mol. The summed E-state index contributed by atoms with van der Waals surface area (Å²) in [6.45, 7) is 0.229. The van der Waals surface area contributed by atoms with E-state index in [0.717, 1.165) is 21.2 Å². The zero-order valence-corrected chi connectivity index (χ0v) is 13.2. The third-order valence-corrected chi connectivity index (χ3v) is 3.68. The maximum atomic E-state index is 12.0. The molecular formula is C17H13BrN2O2. The molecule has 5 heteroatoms. The van der Waals surface area contributed by atoms with Gasteiger partial charge < -0.3 is 4.74 Å². The highest BCUT2D eigenvalue weighted by molar-refractivity contribution is 9.10. The molecular weight excluding hydrogens is 344 g/mol. The van der Waals surface area contributed by atoms with E-state index in [1.807, 2.05) is 54.6 Å². The third-order valence-electron chi connectivity index (χ3n) is 3.15. The minimum absolute atomic E-state index is 0.229. The molecule has 110 valence electrons. The first-order valence-electron chi connectivity index (χ1n) is 6.74. The third kappa shape index (κ3) is 3.43. The van der Waals surface area contributed by atoms with Crippen LogP contribution in [0.15, 0.2) is 71.5 Å². The van der Waals surface area contributed by atoms with Crippen molar-refractivity contribution in [1.82, 2.24) is 9.78 Å². The summed E-state index contributed by atoms with van der Waals surface area (Å²) >= 11 is 3.39. The molecule has 0 fully saturated rings. The predicted molar refractivity (Wildman–Crippen MR) is 87.4 cm³/mol. The Hall–Kier alpha value is -2.40. The van der Waals surface area contributed by atoms with Crippen molar-refractivity contribution in [1.29, 1.82) is 0 Å². The van der Waals surface area contributed by atoms with Gasteiger partial charge in [-0.25, -0.2) is 4.79 Å². The molecule has 0 saturated heterocycles. The zero-order valence-electron chi connectivity index (χ0n) is 11.6. The van der Waals surface area contributed by atoms with E-state index in [-0.39, 0.29) is 6.61 Å². The fourth-order valence-corrected chi connectivity index (χ4v) is 2.26. The van der Waals surface area contributed by atoms with Gasteiger partial charge >= 0.3 is 6.09 Å². The van der Waals surface area contributed by atoms with Gasteiger partial charge in [-0.05, 0) is 23.3 Å². The summed E-state index contributed by atoms with van der Waals surface area (Å²) in [6, 6.07) is 17.4. The number of rotatable bonds is 3. The Kier molecular flexibility index (Phi) is 4.34. The van der Waals surface area contributed by atoms with E-state index in [1.165, 1.54) is 4.68 Å². The molecule has 0 saturated carbocycles. The molecule has 2 aromatic carbocycles. The first-order valence-corrected chi connectivity index (χ1v) is 7.53. The van der Waals surface area contributed by atoms with Crippen LogP contribution < -0.4 is 0 Å². The van der Waals surface area contributed by atoms with Crippen LogP contribution in [0.2, 0.25) is 0 Å². The lowest BCUT2D eigenvalue weighted by Gasteiger charge is -2.04. The van der Waals surface area contributed by atoms with Gasteiger partial charge in [-0.1, -0.05) is 58.4 Å². The number of carbonyl (C=O) groups is 1. The van der Waals surface area contributed by atoms with E-state index in [9.17, 15) is 4.79 Å².